The fourth-order valence-electron chi connectivity index (χ4n) is 5.08. The lowest BCUT2D eigenvalue weighted by molar-refractivity contribution is 0.0713. The van der Waals surface area contributed by atoms with Gasteiger partial charge in [-0.25, -0.2) is 9.37 Å². The third-order valence-corrected chi connectivity index (χ3v) is 9.09. The minimum atomic E-state index is -0.391. The lowest BCUT2D eigenvalue weighted by Crippen LogP contribution is -2.38. The molecule has 0 spiro atoms. The van der Waals surface area contributed by atoms with Gasteiger partial charge < -0.3 is 15.3 Å². The van der Waals surface area contributed by atoms with Crippen LogP contribution >= 0.6 is 22.9 Å². The predicted octanol–water partition coefficient (Wildman–Crippen LogP) is 7.46. The monoisotopic (exact) mass is 575 g/mol. The molecular formula is C31H27ClFN3O3S. The fourth-order valence-corrected chi connectivity index (χ4v) is 6.52. The van der Waals surface area contributed by atoms with Crippen molar-refractivity contribution < 1.29 is 19.1 Å². The van der Waals surface area contributed by atoms with Gasteiger partial charge >= 0.3 is 0 Å². The number of carbonyl (C=O) groups excluding carboxylic acids is 2. The number of phenolic OH excluding ortho intramolecular Hbond substituents is 1. The number of piperidine rings is 1. The van der Waals surface area contributed by atoms with Crippen molar-refractivity contribution in [3.63, 3.8) is 0 Å². The Bertz CT molecular complexity index is 1560. The number of benzene rings is 3. The third kappa shape index (κ3) is 5.60. The molecule has 2 N–H and O–H groups in total. The summed E-state index contributed by atoms with van der Waals surface area (Å²) >= 11 is 7.91. The molecule has 1 aliphatic heterocycles. The number of nitrogens with one attached hydrogen (secondary N) is 1. The molecule has 2 heterocycles. The van der Waals surface area contributed by atoms with Gasteiger partial charge in [0.15, 0.2) is 0 Å². The van der Waals surface area contributed by atoms with E-state index in [2.05, 4.69) is 10.3 Å². The fraction of sp³-hybridized carbons (Fsp3) is 0.258. The van der Waals surface area contributed by atoms with Crippen LogP contribution in [0.1, 0.15) is 68.9 Å². The van der Waals surface area contributed by atoms with Crippen LogP contribution in [0.2, 0.25) is 5.02 Å². The highest BCUT2D eigenvalue weighted by Crippen LogP contribution is 2.45. The lowest BCUT2D eigenvalue weighted by atomic mass is 9.89. The van der Waals surface area contributed by atoms with Gasteiger partial charge in [0.2, 0.25) is 0 Å². The topological polar surface area (TPSA) is 82.5 Å². The molecule has 1 aliphatic carbocycles. The van der Waals surface area contributed by atoms with Gasteiger partial charge in [0.25, 0.3) is 11.8 Å². The summed E-state index contributed by atoms with van der Waals surface area (Å²) in [5, 5.41) is 13.7. The molecule has 6 rings (SSSR count). The molecule has 3 aromatic carbocycles. The summed E-state index contributed by atoms with van der Waals surface area (Å²) in [6.07, 6.45) is 3.71. The molecule has 2 fully saturated rings. The molecule has 0 unspecified atom stereocenters. The Kier molecular flexibility index (Phi) is 7.29. The second-order valence-electron chi connectivity index (χ2n) is 10.3. The number of halogens is 2. The highest BCUT2D eigenvalue weighted by Gasteiger charge is 2.31. The summed E-state index contributed by atoms with van der Waals surface area (Å²) in [7, 11) is 0. The molecule has 6 nitrogen and oxygen atoms in total. The smallest absolute Gasteiger partial charge is 0.275 e. The van der Waals surface area contributed by atoms with Crippen molar-refractivity contribution in [2.24, 2.45) is 0 Å². The van der Waals surface area contributed by atoms with Crippen molar-refractivity contribution in [2.45, 2.75) is 37.5 Å². The van der Waals surface area contributed by atoms with Gasteiger partial charge in [0.1, 0.15) is 17.3 Å². The molecule has 1 saturated carbocycles. The van der Waals surface area contributed by atoms with Gasteiger partial charge in [-0.2, -0.15) is 0 Å². The van der Waals surface area contributed by atoms with Crippen LogP contribution in [-0.4, -0.2) is 39.9 Å². The zero-order chi connectivity index (χ0) is 27.8. The number of carbonyl (C=O) groups is 2. The molecular weight excluding hydrogens is 549 g/mol. The number of anilines is 1. The number of rotatable bonds is 6. The average molecular weight is 576 g/mol. The zero-order valence-corrected chi connectivity index (χ0v) is 23.1. The molecule has 0 radical (unpaired) electrons. The highest BCUT2D eigenvalue weighted by molar-refractivity contribution is 7.15. The molecule has 1 saturated heterocycles. The van der Waals surface area contributed by atoms with Crippen LogP contribution in [0.3, 0.4) is 0 Å². The summed E-state index contributed by atoms with van der Waals surface area (Å²) in [6, 6.07) is 18.2. The number of aromatic hydroxyl groups is 1. The van der Waals surface area contributed by atoms with Gasteiger partial charge in [-0.05, 0) is 85.2 Å². The SMILES string of the molecule is O=C(Nc1ccc(Cl)c(C(=O)N2CCC(c3ccc(O)cc3)CC2)c1)c1nc(C2CC2)sc1-c1ccc(F)cc1. The number of hydrogen-bond acceptors (Lipinski definition) is 5. The Morgan fingerprint density at radius 1 is 0.950 bits per heavy atom. The van der Waals surface area contributed by atoms with Crippen LogP contribution in [0, 0.1) is 5.82 Å². The van der Waals surface area contributed by atoms with E-state index in [1.54, 1.807) is 47.4 Å². The van der Waals surface area contributed by atoms with Crippen LogP contribution in [0.15, 0.2) is 66.7 Å². The summed E-state index contributed by atoms with van der Waals surface area (Å²) < 4.78 is 13.5. The van der Waals surface area contributed by atoms with Crippen molar-refractivity contribution in [1.29, 1.82) is 0 Å². The van der Waals surface area contributed by atoms with Gasteiger partial charge in [-0.15, -0.1) is 11.3 Å². The normalized spacial score (nSPS) is 15.7. The third-order valence-electron chi connectivity index (χ3n) is 7.49. The largest absolute Gasteiger partial charge is 0.508 e. The Labute approximate surface area is 240 Å². The molecule has 4 aromatic rings. The average Bonchev–Trinajstić information content (AvgIpc) is 3.73. The highest BCUT2D eigenvalue weighted by atomic mass is 35.5. The number of thiazole rings is 1. The van der Waals surface area contributed by atoms with E-state index in [1.165, 1.54) is 23.5 Å². The summed E-state index contributed by atoms with van der Waals surface area (Å²) in [5.41, 5.74) is 2.96. The van der Waals surface area contributed by atoms with E-state index in [0.29, 0.717) is 46.1 Å². The molecule has 2 amide bonds. The summed E-state index contributed by atoms with van der Waals surface area (Å²) in [4.78, 5) is 34.0. The van der Waals surface area contributed by atoms with Crippen molar-refractivity contribution in [1.82, 2.24) is 9.88 Å². The van der Waals surface area contributed by atoms with Crippen LogP contribution in [0.4, 0.5) is 10.1 Å². The first-order valence-electron chi connectivity index (χ1n) is 13.3. The minimum absolute atomic E-state index is 0.179. The second kappa shape index (κ2) is 11.0. The van der Waals surface area contributed by atoms with E-state index in [1.807, 2.05) is 12.1 Å². The maximum atomic E-state index is 13.5. The van der Waals surface area contributed by atoms with Gasteiger partial charge in [-0.3, -0.25) is 9.59 Å². The molecule has 9 heteroatoms. The van der Waals surface area contributed by atoms with Crippen LogP contribution in [0.5, 0.6) is 5.75 Å². The maximum Gasteiger partial charge on any atom is 0.275 e. The van der Waals surface area contributed by atoms with E-state index < -0.39 is 5.91 Å². The second-order valence-corrected chi connectivity index (χ2v) is 11.8. The first-order valence-corrected chi connectivity index (χ1v) is 14.5. The standard InChI is InChI=1S/C31H27ClFN3O3S/c32-26-12-9-23(17-25(26)31(39)36-15-13-19(14-16-36)18-5-10-24(37)11-6-18)34-29(38)27-28(20-3-7-22(33)8-4-20)40-30(35-27)21-1-2-21/h3-12,17,19,21,37H,1-2,13-16H2,(H,34,38). The van der Waals surface area contributed by atoms with Crippen molar-refractivity contribution in [2.75, 3.05) is 18.4 Å². The molecule has 1 aromatic heterocycles. The Hall–Kier alpha value is -3.75. The summed E-state index contributed by atoms with van der Waals surface area (Å²) in [5.74, 6) is 0.00984. The summed E-state index contributed by atoms with van der Waals surface area (Å²) in [6.45, 7) is 1.17. The van der Waals surface area contributed by atoms with E-state index in [0.717, 1.165) is 41.8 Å². The van der Waals surface area contributed by atoms with Crippen molar-refractivity contribution in [3.05, 3.63) is 99.4 Å². The molecule has 0 bridgehead atoms. The predicted molar refractivity (Wildman–Crippen MR) is 155 cm³/mol. The van der Waals surface area contributed by atoms with Crippen LogP contribution < -0.4 is 5.32 Å². The number of phenols is 1. The molecule has 204 valence electrons. The van der Waals surface area contributed by atoms with Crippen LogP contribution in [-0.2, 0) is 0 Å². The van der Waals surface area contributed by atoms with Gasteiger partial charge in [0, 0.05) is 24.7 Å². The number of likely N-dealkylation sites (tertiary alicyclic amines) is 1. The minimum Gasteiger partial charge on any atom is -0.508 e. The van der Waals surface area contributed by atoms with Gasteiger partial charge in [0.05, 0.1) is 20.5 Å². The Morgan fingerprint density at radius 2 is 1.65 bits per heavy atom. The molecule has 0 atom stereocenters. The van der Waals surface area contributed by atoms with E-state index >= 15 is 0 Å². The maximum absolute atomic E-state index is 13.5. The number of hydrogen-bond donors (Lipinski definition) is 2. The first-order chi connectivity index (χ1) is 19.4. The quantitative estimate of drug-likeness (QED) is 0.250. The number of amides is 2. The Morgan fingerprint density at radius 3 is 2.33 bits per heavy atom. The van der Waals surface area contributed by atoms with E-state index in [-0.39, 0.29) is 23.2 Å². The van der Waals surface area contributed by atoms with Gasteiger partial charge in [-0.1, -0.05) is 35.9 Å². The molecule has 2 aliphatic rings. The number of aromatic nitrogens is 1. The zero-order valence-electron chi connectivity index (χ0n) is 21.6. The molecule has 40 heavy (non-hydrogen) atoms. The Balaban J connectivity index is 1.18. The van der Waals surface area contributed by atoms with E-state index in [9.17, 15) is 19.1 Å². The first kappa shape index (κ1) is 26.5. The lowest BCUT2D eigenvalue weighted by Gasteiger charge is -2.32. The van der Waals surface area contributed by atoms with E-state index in [4.69, 9.17) is 11.6 Å². The van der Waals surface area contributed by atoms with Crippen molar-refractivity contribution in [3.8, 4) is 16.2 Å². The van der Waals surface area contributed by atoms with Crippen molar-refractivity contribution >= 4 is 40.4 Å². The number of nitrogens with zero attached hydrogens (tertiary/aromatic N) is 2. The van der Waals surface area contributed by atoms with Crippen LogP contribution in [0.25, 0.3) is 10.4 Å².